The number of amides is 1. The van der Waals surface area contributed by atoms with Crippen LogP contribution >= 0.6 is 22.6 Å². The largest absolute Gasteiger partial charge is 0.484 e. The average Bonchev–Trinajstić information content (AvgIpc) is 2.55. The molecule has 0 fully saturated rings. The van der Waals surface area contributed by atoms with Gasteiger partial charge in [0.25, 0.3) is 5.91 Å². The molecule has 2 aromatic rings. The van der Waals surface area contributed by atoms with Gasteiger partial charge < -0.3 is 15.0 Å². The number of nitrogens with one attached hydrogen (secondary N) is 1. The van der Waals surface area contributed by atoms with Crippen LogP contribution in [0.3, 0.4) is 0 Å². The molecule has 0 unspecified atom stereocenters. The second-order valence-corrected chi connectivity index (χ2v) is 6.10. The van der Waals surface area contributed by atoms with Crippen molar-refractivity contribution < 1.29 is 9.53 Å². The molecule has 0 saturated heterocycles. The van der Waals surface area contributed by atoms with E-state index in [9.17, 15) is 4.79 Å². The van der Waals surface area contributed by atoms with Crippen LogP contribution in [-0.4, -0.2) is 32.7 Å². The average molecular weight is 410 g/mol. The number of carbonyl (C=O) groups excluding carboxylic acids is 1. The van der Waals surface area contributed by atoms with Gasteiger partial charge in [-0.05, 0) is 59.0 Å². The number of halogens is 1. The van der Waals surface area contributed by atoms with Crippen molar-refractivity contribution >= 4 is 34.2 Å². The van der Waals surface area contributed by atoms with Crippen LogP contribution in [0.4, 0.5) is 5.69 Å². The molecule has 0 spiro atoms. The number of rotatable bonds is 7. The van der Waals surface area contributed by atoms with Crippen LogP contribution in [0.5, 0.6) is 5.75 Å². The van der Waals surface area contributed by atoms with Crippen molar-refractivity contribution in [3.05, 3.63) is 58.2 Å². The molecule has 5 heteroatoms. The van der Waals surface area contributed by atoms with E-state index >= 15 is 0 Å². The first-order valence-electron chi connectivity index (χ1n) is 7.06. The highest BCUT2D eigenvalue weighted by molar-refractivity contribution is 14.1. The van der Waals surface area contributed by atoms with Crippen molar-refractivity contribution in [2.45, 2.75) is 0 Å². The molecule has 22 heavy (non-hydrogen) atoms. The van der Waals surface area contributed by atoms with E-state index in [1.807, 2.05) is 61.6 Å². The van der Waals surface area contributed by atoms with Gasteiger partial charge in [-0.25, -0.2) is 0 Å². The minimum atomic E-state index is -0.111. The third-order valence-corrected chi connectivity index (χ3v) is 3.87. The van der Waals surface area contributed by atoms with Gasteiger partial charge in [0.1, 0.15) is 5.75 Å². The number of likely N-dealkylation sites (N-methyl/N-ethyl adjacent to an activating group) is 1. The van der Waals surface area contributed by atoms with Crippen molar-refractivity contribution in [2.24, 2.45) is 0 Å². The first kappa shape index (κ1) is 16.6. The van der Waals surface area contributed by atoms with E-state index < -0.39 is 0 Å². The number of carbonyl (C=O) groups is 1. The summed E-state index contributed by atoms with van der Waals surface area (Å²) in [5, 5.41) is 2.86. The topological polar surface area (TPSA) is 41.6 Å². The Morgan fingerprint density at radius 1 is 1.14 bits per heavy atom. The van der Waals surface area contributed by atoms with Crippen LogP contribution in [-0.2, 0) is 4.79 Å². The normalized spacial score (nSPS) is 10.1. The zero-order valence-corrected chi connectivity index (χ0v) is 14.6. The molecule has 0 aliphatic heterocycles. The zero-order chi connectivity index (χ0) is 15.8. The van der Waals surface area contributed by atoms with Gasteiger partial charge in [-0.1, -0.05) is 18.2 Å². The lowest BCUT2D eigenvalue weighted by molar-refractivity contribution is -0.123. The Labute approximate surface area is 144 Å². The first-order valence-corrected chi connectivity index (χ1v) is 8.14. The molecule has 4 nitrogen and oxygen atoms in total. The van der Waals surface area contributed by atoms with Crippen molar-refractivity contribution in [3.8, 4) is 5.75 Å². The summed E-state index contributed by atoms with van der Waals surface area (Å²) in [6.07, 6.45) is 0. The standard InChI is InChI=1S/C17H19IN2O2/c1-20(15-5-3-2-4-6-15)12-11-19-17(21)13-22-16-9-7-14(18)8-10-16/h2-10H,11-13H2,1H3,(H,19,21). The summed E-state index contributed by atoms with van der Waals surface area (Å²) in [7, 11) is 2.00. The first-order chi connectivity index (χ1) is 10.6. The number of benzene rings is 2. The SMILES string of the molecule is CN(CCNC(=O)COc1ccc(I)cc1)c1ccccc1. The molecule has 0 atom stereocenters. The zero-order valence-electron chi connectivity index (χ0n) is 12.5. The molecular formula is C17H19IN2O2. The number of hydrogen-bond acceptors (Lipinski definition) is 3. The molecule has 1 N–H and O–H groups in total. The van der Waals surface area contributed by atoms with E-state index in [0.29, 0.717) is 12.3 Å². The summed E-state index contributed by atoms with van der Waals surface area (Å²) >= 11 is 2.23. The maximum atomic E-state index is 11.7. The van der Waals surface area contributed by atoms with Gasteiger partial charge in [0.15, 0.2) is 6.61 Å². The fraction of sp³-hybridized carbons (Fsp3) is 0.235. The third kappa shape index (κ3) is 5.55. The van der Waals surface area contributed by atoms with Gasteiger partial charge in [-0.2, -0.15) is 0 Å². The fourth-order valence-corrected chi connectivity index (χ4v) is 2.26. The van der Waals surface area contributed by atoms with Gasteiger partial charge in [-0.3, -0.25) is 4.79 Å². The van der Waals surface area contributed by atoms with E-state index in [0.717, 1.165) is 15.8 Å². The number of para-hydroxylation sites is 1. The Kier molecular flexibility index (Phi) is 6.51. The predicted molar refractivity (Wildman–Crippen MR) is 97.4 cm³/mol. The molecule has 0 saturated carbocycles. The molecule has 1 amide bonds. The molecule has 0 aliphatic carbocycles. The van der Waals surface area contributed by atoms with E-state index in [2.05, 4.69) is 32.8 Å². The van der Waals surface area contributed by atoms with E-state index in [1.165, 1.54) is 0 Å². The molecule has 0 bridgehead atoms. The minimum absolute atomic E-state index is 0.0373. The molecular weight excluding hydrogens is 391 g/mol. The van der Waals surface area contributed by atoms with E-state index in [1.54, 1.807) is 0 Å². The highest BCUT2D eigenvalue weighted by Gasteiger charge is 2.04. The lowest BCUT2D eigenvalue weighted by Gasteiger charge is -2.19. The Morgan fingerprint density at radius 2 is 1.82 bits per heavy atom. The van der Waals surface area contributed by atoms with E-state index in [4.69, 9.17) is 4.74 Å². The molecule has 2 aromatic carbocycles. The third-order valence-electron chi connectivity index (χ3n) is 3.15. The monoisotopic (exact) mass is 410 g/mol. The lowest BCUT2D eigenvalue weighted by Crippen LogP contribution is -2.35. The molecule has 2 rings (SSSR count). The van der Waals surface area contributed by atoms with Crippen molar-refractivity contribution in [1.29, 1.82) is 0 Å². The summed E-state index contributed by atoms with van der Waals surface area (Å²) in [5.74, 6) is 0.594. The summed E-state index contributed by atoms with van der Waals surface area (Å²) in [6.45, 7) is 1.37. The Morgan fingerprint density at radius 3 is 2.50 bits per heavy atom. The lowest BCUT2D eigenvalue weighted by atomic mass is 10.3. The van der Waals surface area contributed by atoms with Gasteiger partial charge in [0.05, 0.1) is 0 Å². The van der Waals surface area contributed by atoms with Crippen LogP contribution in [0.15, 0.2) is 54.6 Å². The number of hydrogen-bond donors (Lipinski definition) is 1. The molecule has 116 valence electrons. The van der Waals surface area contributed by atoms with Gasteiger partial charge in [0.2, 0.25) is 0 Å². The summed E-state index contributed by atoms with van der Waals surface area (Å²) in [4.78, 5) is 13.8. The summed E-state index contributed by atoms with van der Waals surface area (Å²) in [6, 6.07) is 17.7. The summed E-state index contributed by atoms with van der Waals surface area (Å²) < 4.78 is 6.57. The summed E-state index contributed by atoms with van der Waals surface area (Å²) in [5.41, 5.74) is 1.13. The fourth-order valence-electron chi connectivity index (χ4n) is 1.91. The predicted octanol–water partition coefficient (Wildman–Crippen LogP) is 2.92. The van der Waals surface area contributed by atoms with E-state index in [-0.39, 0.29) is 12.5 Å². The van der Waals surface area contributed by atoms with Crippen molar-refractivity contribution in [1.82, 2.24) is 5.32 Å². The quantitative estimate of drug-likeness (QED) is 0.714. The minimum Gasteiger partial charge on any atom is -0.484 e. The highest BCUT2D eigenvalue weighted by Crippen LogP contribution is 2.13. The Hall–Kier alpha value is -1.76. The number of nitrogens with zero attached hydrogens (tertiary/aromatic N) is 1. The number of ether oxygens (including phenoxy) is 1. The second-order valence-electron chi connectivity index (χ2n) is 4.85. The maximum absolute atomic E-state index is 11.7. The molecule has 0 aliphatic rings. The second kappa shape index (κ2) is 8.63. The van der Waals surface area contributed by atoms with Gasteiger partial charge >= 0.3 is 0 Å². The van der Waals surface area contributed by atoms with Crippen LogP contribution < -0.4 is 15.0 Å². The molecule has 0 radical (unpaired) electrons. The number of anilines is 1. The van der Waals surface area contributed by atoms with Crippen LogP contribution in [0, 0.1) is 3.57 Å². The highest BCUT2D eigenvalue weighted by atomic mass is 127. The maximum Gasteiger partial charge on any atom is 0.258 e. The molecule has 0 heterocycles. The van der Waals surface area contributed by atoms with Crippen LogP contribution in [0.1, 0.15) is 0 Å². The van der Waals surface area contributed by atoms with Gasteiger partial charge in [0, 0.05) is 29.4 Å². The van der Waals surface area contributed by atoms with Crippen molar-refractivity contribution in [2.75, 3.05) is 31.6 Å². The Bertz CT molecular complexity index is 587. The Balaban J connectivity index is 1.66. The molecule has 0 aromatic heterocycles. The van der Waals surface area contributed by atoms with Crippen LogP contribution in [0.25, 0.3) is 0 Å². The van der Waals surface area contributed by atoms with Gasteiger partial charge in [-0.15, -0.1) is 0 Å². The smallest absolute Gasteiger partial charge is 0.258 e. The van der Waals surface area contributed by atoms with Crippen molar-refractivity contribution in [3.63, 3.8) is 0 Å². The van der Waals surface area contributed by atoms with Crippen LogP contribution in [0.2, 0.25) is 0 Å².